The lowest BCUT2D eigenvalue weighted by molar-refractivity contribution is -0.117. The number of Topliss-reactive ketones (excluding diaryl/α,β-unsaturated/α-hetero) is 1. The zero-order valence-electron chi connectivity index (χ0n) is 11.5. The summed E-state index contributed by atoms with van der Waals surface area (Å²) in [6, 6.07) is 0. The molecular weight excluding hydrogens is 228 g/mol. The first kappa shape index (κ1) is 13.1. The van der Waals surface area contributed by atoms with E-state index in [4.69, 9.17) is 0 Å². The molecule has 0 radical (unpaired) electrons. The van der Waals surface area contributed by atoms with Crippen LogP contribution in [0, 0.1) is 0 Å². The molecule has 0 saturated heterocycles. The number of hydrogen-bond acceptors (Lipinski definition) is 4. The minimum absolute atomic E-state index is 0.291. The van der Waals surface area contributed by atoms with Crippen LogP contribution >= 0.6 is 0 Å². The van der Waals surface area contributed by atoms with Gasteiger partial charge in [0.2, 0.25) is 0 Å². The van der Waals surface area contributed by atoms with Gasteiger partial charge in [0.1, 0.15) is 5.78 Å². The maximum atomic E-state index is 10.9. The van der Waals surface area contributed by atoms with Crippen molar-refractivity contribution in [3.8, 4) is 0 Å². The Kier molecular flexibility index (Phi) is 4.01. The second-order valence-corrected chi connectivity index (χ2v) is 5.18. The molecule has 0 aromatic carbocycles. The Hall–Kier alpha value is -1.36. The summed E-state index contributed by atoms with van der Waals surface area (Å²) in [6.45, 7) is 4.58. The van der Waals surface area contributed by atoms with E-state index in [2.05, 4.69) is 26.4 Å². The molecule has 0 N–H and O–H groups in total. The van der Waals surface area contributed by atoms with Crippen molar-refractivity contribution in [1.29, 1.82) is 0 Å². The number of aromatic nitrogens is 2. The molecule has 0 unspecified atom stereocenters. The quantitative estimate of drug-likeness (QED) is 0.741. The van der Waals surface area contributed by atoms with Crippen LogP contribution in [-0.4, -0.2) is 40.5 Å². The third-order valence-corrected chi connectivity index (χ3v) is 3.44. The Bertz CT molecular complexity index is 427. The van der Waals surface area contributed by atoms with Crippen LogP contribution in [-0.2, 0) is 18.4 Å². The van der Waals surface area contributed by atoms with Gasteiger partial charge in [-0.3, -0.25) is 4.90 Å². The lowest BCUT2D eigenvalue weighted by Gasteiger charge is -2.33. The van der Waals surface area contributed by atoms with Crippen molar-refractivity contribution >= 4 is 11.6 Å². The zero-order valence-corrected chi connectivity index (χ0v) is 11.5. The first-order valence-corrected chi connectivity index (χ1v) is 6.51. The minimum Gasteiger partial charge on any atom is -0.345 e. The molecule has 0 spiro atoms. The van der Waals surface area contributed by atoms with Gasteiger partial charge in [0.25, 0.3) is 0 Å². The lowest BCUT2D eigenvalue weighted by Crippen LogP contribution is -2.41. The van der Waals surface area contributed by atoms with Gasteiger partial charge < -0.3 is 14.3 Å². The first-order chi connectivity index (χ1) is 8.58. The highest BCUT2D eigenvalue weighted by Crippen LogP contribution is 2.23. The highest BCUT2D eigenvalue weighted by atomic mass is 16.1. The summed E-state index contributed by atoms with van der Waals surface area (Å²) < 4.78 is 2.09. The van der Waals surface area contributed by atoms with Crippen LogP contribution in [0.3, 0.4) is 0 Å². The van der Waals surface area contributed by atoms with Gasteiger partial charge in [0.15, 0.2) is 5.82 Å². The number of imidazole rings is 1. The van der Waals surface area contributed by atoms with E-state index < -0.39 is 0 Å². The van der Waals surface area contributed by atoms with E-state index >= 15 is 0 Å². The molecule has 0 saturated carbocycles. The average molecular weight is 250 g/mol. The Balaban J connectivity index is 1.86. The van der Waals surface area contributed by atoms with E-state index in [1.165, 1.54) is 5.69 Å². The van der Waals surface area contributed by atoms with Gasteiger partial charge in [0, 0.05) is 33.6 Å². The normalized spacial score (nSPS) is 15.8. The van der Waals surface area contributed by atoms with Crippen molar-refractivity contribution in [3.63, 3.8) is 0 Å². The highest BCUT2D eigenvalue weighted by Gasteiger charge is 2.23. The summed E-state index contributed by atoms with van der Waals surface area (Å²) >= 11 is 0. The van der Waals surface area contributed by atoms with Crippen LogP contribution in [0.1, 0.15) is 31.9 Å². The van der Waals surface area contributed by atoms with Crippen molar-refractivity contribution in [2.75, 3.05) is 25.2 Å². The molecule has 100 valence electrons. The molecule has 0 atom stereocenters. The number of hydrogen-bond donors (Lipinski definition) is 0. The summed E-state index contributed by atoms with van der Waals surface area (Å²) in [7, 11) is 4.12. The van der Waals surface area contributed by atoms with Crippen molar-refractivity contribution < 1.29 is 4.79 Å². The molecule has 0 bridgehead atoms. The summed E-state index contributed by atoms with van der Waals surface area (Å²) in [5.41, 5.74) is 1.27. The second-order valence-electron chi connectivity index (χ2n) is 5.18. The first-order valence-electron chi connectivity index (χ1n) is 6.51. The van der Waals surface area contributed by atoms with Crippen LogP contribution in [0.15, 0.2) is 6.33 Å². The minimum atomic E-state index is 0.291. The Morgan fingerprint density at radius 1 is 1.39 bits per heavy atom. The van der Waals surface area contributed by atoms with E-state index in [1.807, 2.05) is 13.4 Å². The SMILES string of the molecule is CC(=O)CCCCN1Cc2c(ncn2C)N(C)C1. The van der Waals surface area contributed by atoms with Crippen molar-refractivity contribution in [2.45, 2.75) is 32.7 Å². The van der Waals surface area contributed by atoms with Gasteiger partial charge >= 0.3 is 0 Å². The Morgan fingerprint density at radius 3 is 2.89 bits per heavy atom. The molecule has 1 aliphatic rings. The number of carbonyl (C=O) groups is 1. The van der Waals surface area contributed by atoms with Gasteiger partial charge in [0.05, 0.1) is 18.7 Å². The number of ketones is 1. The fourth-order valence-electron chi connectivity index (χ4n) is 2.43. The lowest BCUT2D eigenvalue weighted by atomic mass is 10.2. The Morgan fingerprint density at radius 2 is 2.17 bits per heavy atom. The molecule has 1 aliphatic heterocycles. The summed E-state index contributed by atoms with van der Waals surface area (Å²) in [6.07, 6.45) is 4.66. The third-order valence-electron chi connectivity index (χ3n) is 3.44. The number of rotatable bonds is 5. The van der Waals surface area contributed by atoms with E-state index in [0.717, 1.165) is 38.4 Å². The van der Waals surface area contributed by atoms with Gasteiger partial charge in [-0.15, -0.1) is 0 Å². The molecule has 5 nitrogen and oxygen atoms in total. The third kappa shape index (κ3) is 2.90. The fourth-order valence-corrected chi connectivity index (χ4v) is 2.43. The number of carbonyl (C=O) groups excluding carboxylic acids is 1. The molecule has 18 heavy (non-hydrogen) atoms. The predicted octanol–water partition coefficient (Wildman–Crippen LogP) is 1.39. The summed E-state index contributed by atoms with van der Waals surface area (Å²) in [5, 5.41) is 0. The molecule has 2 heterocycles. The molecular formula is C13H22N4O. The number of nitrogens with zero attached hydrogens (tertiary/aromatic N) is 4. The predicted molar refractivity (Wildman–Crippen MR) is 71.4 cm³/mol. The van der Waals surface area contributed by atoms with Gasteiger partial charge in [-0.25, -0.2) is 4.98 Å². The molecule has 0 aliphatic carbocycles. The number of fused-ring (bicyclic) bond motifs is 1. The van der Waals surface area contributed by atoms with Gasteiger partial charge in [-0.2, -0.15) is 0 Å². The molecule has 5 heteroatoms. The van der Waals surface area contributed by atoms with Crippen molar-refractivity contribution in [1.82, 2.24) is 14.5 Å². The average Bonchev–Trinajstić information content (AvgIpc) is 2.67. The van der Waals surface area contributed by atoms with E-state index in [-0.39, 0.29) is 0 Å². The number of aryl methyl sites for hydroxylation is 1. The smallest absolute Gasteiger partial charge is 0.152 e. The van der Waals surface area contributed by atoms with Crippen LogP contribution in [0.5, 0.6) is 0 Å². The molecule has 1 aromatic heterocycles. The topological polar surface area (TPSA) is 41.4 Å². The monoisotopic (exact) mass is 250 g/mol. The fraction of sp³-hybridized carbons (Fsp3) is 0.692. The van der Waals surface area contributed by atoms with Crippen LogP contribution in [0.2, 0.25) is 0 Å². The summed E-state index contributed by atoms with van der Waals surface area (Å²) in [4.78, 5) is 19.9. The van der Waals surface area contributed by atoms with E-state index in [9.17, 15) is 4.79 Å². The van der Waals surface area contributed by atoms with E-state index in [0.29, 0.717) is 12.2 Å². The van der Waals surface area contributed by atoms with Crippen LogP contribution < -0.4 is 4.90 Å². The van der Waals surface area contributed by atoms with Crippen LogP contribution in [0.4, 0.5) is 5.82 Å². The maximum Gasteiger partial charge on any atom is 0.152 e. The van der Waals surface area contributed by atoms with Crippen molar-refractivity contribution in [2.24, 2.45) is 7.05 Å². The number of unbranched alkanes of at least 4 members (excludes halogenated alkanes) is 1. The Labute approximate surface area is 108 Å². The maximum absolute atomic E-state index is 10.9. The molecule has 1 aromatic rings. The molecule has 2 rings (SSSR count). The van der Waals surface area contributed by atoms with E-state index in [1.54, 1.807) is 6.92 Å². The molecule has 0 amide bonds. The highest BCUT2D eigenvalue weighted by molar-refractivity contribution is 5.75. The largest absolute Gasteiger partial charge is 0.345 e. The number of anilines is 1. The van der Waals surface area contributed by atoms with Crippen molar-refractivity contribution in [3.05, 3.63) is 12.0 Å². The zero-order chi connectivity index (χ0) is 13.1. The van der Waals surface area contributed by atoms with Crippen LogP contribution in [0.25, 0.3) is 0 Å². The van der Waals surface area contributed by atoms with Gasteiger partial charge in [-0.1, -0.05) is 0 Å². The molecule has 0 fully saturated rings. The summed E-state index contributed by atoms with van der Waals surface area (Å²) in [5.74, 6) is 1.39. The second kappa shape index (κ2) is 5.52. The van der Waals surface area contributed by atoms with Gasteiger partial charge in [-0.05, 0) is 19.8 Å². The standard InChI is InChI=1S/C13H22N4O/c1-11(18)6-4-5-7-17-8-12-13(16(3)10-17)14-9-15(12)2/h9H,4-8,10H2,1-3H3.